The molecule has 140 valence electrons. The van der Waals surface area contributed by atoms with E-state index in [1.165, 1.54) is 5.56 Å². The van der Waals surface area contributed by atoms with E-state index in [0.717, 1.165) is 29.7 Å². The molecule has 1 atom stereocenters. The first kappa shape index (κ1) is 17.9. The molecule has 0 N–H and O–H groups in total. The molecule has 6 heteroatoms. The van der Waals surface area contributed by atoms with Crippen LogP contribution in [0.2, 0.25) is 0 Å². The van der Waals surface area contributed by atoms with E-state index in [-0.39, 0.29) is 12.0 Å². The molecule has 1 aliphatic heterocycles. The third-order valence-corrected chi connectivity index (χ3v) is 5.78. The van der Waals surface area contributed by atoms with Crippen LogP contribution in [-0.2, 0) is 4.74 Å². The van der Waals surface area contributed by atoms with Crippen molar-refractivity contribution in [2.75, 3.05) is 25.2 Å². The predicted molar refractivity (Wildman–Crippen MR) is 108 cm³/mol. The lowest BCUT2D eigenvalue weighted by atomic mass is 10.1. The minimum atomic E-state index is -0.0832. The average Bonchev–Trinajstić information content (AvgIpc) is 3.34. The molecule has 1 unspecified atom stereocenters. The molecule has 1 amide bonds. The number of aromatic nitrogens is 1. The van der Waals surface area contributed by atoms with E-state index >= 15 is 0 Å². The SMILES string of the molecule is COc1cccc(C(=O)N(CC2CCCO2)c2nc3ccc(C)cc3s2)c1. The van der Waals surface area contributed by atoms with Gasteiger partial charge < -0.3 is 9.47 Å². The molecule has 1 aliphatic rings. The number of ether oxygens (including phenoxy) is 2. The van der Waals surface area contributed by atoms with Crippen LogP contribution in [0, 0.1) is 6.92 Å². The summed E-state index contributed by atoms with van der Waals surface area (Å²) in [6.07, 6.45) is 2.05. The summed E-state index contributed by atoms with van der Waals surface area (Å²) in [5, 5.41) is 0.707. The van der Waals surface area contributed by atoms with Crippen LogP contribution in [0.1, 0.15) is 28.8 Å². The van der Waals surface area contributed by atoms with E-state index in [1.807, 2.05) is 30.3 Å². The Kier molecular flexibility index (Phi) is 5.09. The lowest BCUT2D eigenvalue weighted by molar-refractivity contribution is 0.0917. The zero-order valence-electron chi connectivity index (χ0n) is 15.5. The van der Waals surface area contributed by atoms with Gasteiger partial charge in [-0.2, -0.15) is 0 Å². The fraction of sp³-hybridized carbons (Fsp3) is 0.333. The quantitative estimate of drug-likeness (QED) is 0.655. The normalized spacial score (nSPS) is 16.6. The summed E-state index contributed by atoms with van der Waals surface area (Å²) in [6, 6.07) is 13.4. The molecule has 1 saturated heterocycles. The van der Waals surface area contributed by atoms with Gasteiger partial charge in [-0.15, -0.1) is 0 Å². The summed E-state index contributed by atoms with van der Waals surface area (Å²) in [7, 11) is 1.60. The molecule has 1 fully saturated rings. The number of amides is 1. The summed E-state index contributed by atoms with van der Waals surface area (Å²) >= 11 is 1.54. The van der Waals surface area contributed by atoms with Gasteiger partial charge >= 0.3 is 0 Å². The van der Waals surface area contributed by atoms with E-state index in [1.54, 1.807) is 29.4 Å². The molecule has 5 nitrogen and oxygen atoms in total. The Morgan fingerprint density at radius 2 is 2.22 bits per heavy atom. The fourth-order valence-corrected chi connectivity index (χ4v) is 4.36. The molecule has 2 heterocycles. The first-order chi connectivity index (χ1) is 13.1. The first-order valence-electron chi connectivity index (χ1n) is 9.09. The van der Waals surface area contributed by atoms with Gasteiger partial charge in [-0.3, -0.25) is 9.69 Å². The molecule has 0 saturated carbocycles. The first-order valence-corrected chi connectivity index (χ1v) is 9.90. The smallest absolute Gasteiger partial charge is 0.260 e. The van der Waals surface area contributed by atoms with Crippen LogP contribution in [0.25, 0.3) is 10.2 Å². The number of carbonyl (C=O) groups is 1. The molecule has 0 bridgehead atoms. The van der Waals surface area contributed by atoms with Crippen molar-refractivity contribution in [2.24, 2.45) is 0 Å². The average molecular weight is 382 g/mol. The minimum Gasteiger partial charge on any atom is -0.497 e. The third kappa shape index (κ3) is 3.82. The number of rotatable bonds is 5. The van der Waals surface area contributed by atoms with Gasteiger partial charge in [0.15, 0.2) is 5.13 Å². The molecule has 0 aliphatic carbocycles. The summed E-state index contributed by atoms with van der Waals surface area (Å²) < 4.78 is 12.1. The van der Waals surface area contributed by atoms with Gasteiger partial charge in [0.2, 0.25) is 0 Å². The largest absolute Gasteiger partial charge is 0.497 e. The van der Waals surface area contributed by atoms with Crippen molar-refractivity contribution in [3.05, 3.63) is 53.6 Å². The standard InChI is InChI=1S/C21H22N2O3S/c1-14-8-9-18-19(11-14)27-21(22-18)23(13-17-7-4-10-26-17)20(24)15-5-3-6-16(12-15)25-2/h3,5-6,8-9,11-12,17H,4,7,10,13H2,1-2H3. The molecule has 0 radical (unpaired) electrons. The topological polar surface area (TPSA) is 51.7 Å². The van der Waals surface area contributed by atoms with E-state index in [0.29, 0.717) is 23.0 Å². The molecule has 27 heavy (non-hydrogen) atoms. The monoisotopic (exact) mass is 382 g/mol. The van der Waals surface area contributed by atoms with Gasteiger partial charge in [-0.05, 0) is 55.7 Å². The highest BCUT2D eigenvalue weighted by Gasteiger charge is 2.27. The number of methoxy groups -OCH3 is 1. The zero-order valence-corrected chi connectivity index (χ0v) is 16.3. The van der Waals surface area contributed by atoms with E-state index in [2.05, 4.69) is 13.0 Å². The van der Waals surface area contributed by atoms with Crippen LogP contribution in [0.5, 0.6) is 5.75 Å². The van der Waals surface area contributed by atoms with Crippen LogP contribution in [0.4, 0.5) is 5.13 Å². The number of thiazole rings is 1. The highest BCUT2D eigenvalue weighted by Crippen LogP contribution is 2.31. The number of carbonyl (C=O) groups excluding carboxylic acids is 1. The van der Waals surface area contributed by atoms with E-state index in [4.69, 9.17) is 14.5 Å². The second-order valence-electron chi connectivity index (χ2n) is 6.75. The van der Waals surface area contributed by atoms with Gasteiger partial charge in [-0.25, -0.2) is 4.98 Å². The second-order valence-corrected chi connectivity index (χ2v) is 7.76. The van der Waals surface area contributed by atoms with Gasteiger partial charge in [0.1, 0.15) is 5.75 Å². The van der Waals surface area contributed by atoms with Crippen molar-refractivity contribution in [3.8, 4) is 5.75 Å². The second kappa shape index (κ2) is 7.66. The van der Waals surface area contributed by atoms with E-state index < -0.39 is 0 Å². The number of fused-ring (bicyclic) bond motifs is 1. The van der Waals surface area contributed by atoms with Crippen LogP contribution in [-0.4, -0.2) is 37.3 Å². The summed E-state index contributed by atoms with van der Waals surface area (Å²) in [5.74, 6) is 0.581. The number of hydrogen-bond acceptors (Lipinski definition) is 5. The number of aryl methyl sites for hydroxylation is 1. The van der Waals surface area contributed by atoms with Crippen molar-refractivity contribution in [3.63, 3.8) is 0 Å². The van der Waals surface area contributed by atoms with Crippen molar-refractivity contribution in [1.29, 1.82) is 0 Å². The maximum absolute atomic E-state index is 13.3. The van der Waals surface area contributed by atoms with Crippen LogP contribution in [0.15, 0.2) is 42.5 Å². The Balaban J connectivity index is 1.71. The highest BCUT2D eigenvalue weighted by molar-refractivity contribution is 7.22. The van der Waals surface area contributed by atoms with Crippen molar-refractivity contribution in [1.82, 2.24) is 4.98 Å². The van der Waals surface area contributed by atoms with Crippen LogP contribution in [0.3, 0.4) is 0 Å². The summed E-state index contributed by atoms with van der Waals surface area (Å²) in [5.41, 5.74) is 2.68. The van der Waals surface area contributed by atoms with Gasteiger partial charge in [0, 0.05) is 12.2 Å². The molecule has 4 rings (SSSR count). The van der Waals surface area contributed by atoms with Gasteiger partial charge in [-0.1, -0.05) is 23.5 Å². The predicted octanol–water partition coefficient (Wildman–Crippen LogP) is 4.44. The summed E-state index contributed by atoms with van der Waals surface area (Å²) in [4.78, 5) is 19.8. The van der Waals surface area contributed by atoms with Gasteiger partial charge in [0.05, 0.1) is 30.0 Å². The maximum Gasteiger partial charge on any atom is 0.260 e. The molecule has 0 spiro atoms. The Hall–Kier alpha value is -2.44. The van der Waals surface area contributed by atoms with Crippen LogP contribution < -0.4 is 9.64 Å². The lowest BCUT2D eigenvalue weighted by Crippen LogP contribution is -2.37. The fourth-order valence-electron chi connectivity index (χ4n) is 3.29. The Morgan fingerprint density at radius 1 is 1.33 bits per heavy atom. The molecule has 3 aromatic rings. The Labute approximate surface area is 162 Å². The molecule has 1 aromatic heterocycles. The Bertz CT molecular complexity index is 963. The molecular formula is C21H22N2O3S. The summed E-state index contributed by atoms with van der Waals surface area (Å²) in [6.45, 7) is 3.32. The van der Waals surface area contributed by atoms with Crippen LogP contribution >= 0.6 is 11.3 Å². The lowest BCUT2D eigenvalue weighted by Gasteiger charge is -2.23. The van der Waals surface area contributed by atoms with E-state index in [9.17, 15) is 4.79 Å². The van der Waals surface area contributed by atoms with Crippen molar-refractivity contribution >= 4 is 32.6 Å². The van der Waals surface area contributed by atoms with Crippen molar-refractivity contribution in [2.45, 2.75) is 25.9 Å². The van der Waals surface area contributed by atoms with Gasteiger partial charge in [0.25, 0.3) is 5.91 Å². The minimum absolute atomic E-state index is 0.0494. The highest BCUT2D eigenvalue weighted by atomic mass is 32.1. The number of benzene rings is 2. The molecular weight excluding hydrogens is 360 g/mol. The number of anilines is 1. The zero-order chi connectivity index (χ0) is 18.8. The third-order valence-electron chi connectivity index (χ3n) is 4.74. The number of nitrogens with zero attached hydrogens (tertiary/aromatic N) is 2. The molecule has 2 aromatic carbocycles. The van der Waals surface area contributed by atoms with Crippen molar-refractivity contribution < 1.29 is 14.3 Å². The maximum atomic E-state index is 13.3. The Morgan fingerprint density at radius 3 is 3.00 bits per heavy atom. The number of hydrogen-bond donors (Lipinski definition) is 0.